The number of rotatable bonds is 4. The number of ether oxygens (including phenoxy) is 1. The fraction of sp³-hybridized carbons (Fsp3) is 0.231. The Hall–Kier alpha value is -2.22. The van der Waals surface area contributed by atoms with Gasteiger partial charge in [0.15, 0.2) is 0 Å². The van der Waals surface area contributed by atoms with E-state index in [9.17, 15) is 17.6 Å². The van der Waals surface area contributed by atoms with E-state index in [0.29, 0.717) is 24.4 Å². The molecule has 0 aliphatic carbocycles. The molecule has 0 saturated carbocycles. The second-order valence-corrected chi connectivity index (χ2v) is 4.12. The summed E-state index contributed by atoms with van der Waals surface area (Å²) in [6.45, 7) is 0.432. The summed E-state index contributed by atoms with van der Waals surface area (Å²) in [7, 11) is 1.71. The van der Waals surface area contributed by atoms with E-state index in [0.717, 1.165) is 6.07 Å². The Bertz CT molecular complexity index is 631. The first-order valence-electron chi connectivity index (χ1n) is 5.90. The topological polar surface area (TPSA) is 47.0 Å². The molecule has 112 valence electrons. The number of alkyl halides is 3. The van der Waals surface area contributed by atoms with Gasteiger partial charge in [0.2, 0.25) is 5.88 Å². The van der Waals surface area contributed by atoms with Gasteiger partial charge in [-0.25, -0.2) is 9.37 Å². The van der Waals surface area contributed by atoms with Crippen LogP contribution >= 0.6 is 0 Å². The van der Waals surface area contributed by atoms with Crippen molar-refractivity contribution >= 4 is 0 Å². The molecule has 0 amide bonds. The van der Waals surface area contributed by atoms with Crippen molar-refractivity contribution in [3.63, 3.8) is 0 Å². The van der Waals surface area contributed by atoms with Gasteiger partial charge in [0.05, 0.1) is 17.5 Å². The summed E-state index contributed by atoms with van der Waals surface area (Å²) in [4.78, 5) is 7.91. The molecule has 1 N–H and O–H groups in total. The van der Waals surface area contributed by atoms with Gasteiger partial charge in [-0.05, 0) is 25.2 Å². The van der Waals surface area contributed by atoms with Crippen LogP contribution in [0.1, 0.15) is 11.3 Å². The lowest BCUT2D eigenvalue weighted by molar-refractivity contribution is -0.140. The second kappa shape index (κ2) is 6.04. The van der Waals surface area contributed by atoms with Crippen LogP contribution in [-0.2, 0) is 12.7 Å². The van der Waals surface area contributed by atoms with Crippen molar-refractivity contribution in [1.82, 2.24) is 15.3 Å². The molecule has 1 aromatic carbocycles. The van der Waals surface area contributed by atoms with Crippen LogP contribution in [0.2, 0.25) is 0 Å². The van der Waals surface area contributed by atoms with Crippen molar-refractivity contribution in [2.45, 2.75) is 12.7 Å². The van der Waals surface area contributed by atoms with Crippen LogP contribution in [0, 0.1) is 5.82 Å². The van der Waals surface area contributed by atoms with Crippen molar-refractivity contribution in [2.75, 3.05) is 7.05 Å². The molecule has 1 aromatic heterocycles. The molecule has 21 heavy (non-hydrogen) atoms. The number of aromatic nitrogens is 2. The summed E-state index contributed by atoms with van der Waals surface area (Å²) < 4.78 is 56.1. The summed E-state index contributed by atoms with van der Waals surface area (Å²) in [5.41, 5.74) is -0.826. The molecular formula is C13H11F4N3O. The highest BCUT2D eigenvalue weighted by Crippen LogP contribution is 2.34. The van der Waals surface area contributed by atoms with E-state index in [1.54, 1.807) is 7.05 Å². The van der Waals surface area contributed by atoms with Crippen molar-refractivity contribution < 1.29 is 22.3 Å². The monoisotopic (exact) mass is 301 g/mol. The Labute approximate surface area is 117 Å². The zero-order valence-corrected chi connectivity index (χ0v) is 10.9. The maximum absolute atomic E-state index is 13.2. The number of nitrogens with zero attached hydrogens (tertiary/aromatic N) is 2. The highest BCUT2D eigenvalue weighted by atomic mass is 19.4. The minimum Gasteiger partial charge on any atom is -0.437 e. The molecule has 0 aliphatic heterocycles. The first kappa shape index (κ1) is 15.2. The van der Waals surface area contributed by atoms with Gasteiger partial charge >= 0.3 is 6.18 Å². The highest BCUT2D eigenvalue weighted by molar-refractivity contribution is 5.33. The van der Waals surface area contributed by atoms with Crippen LogP contribution in [0.3, 0.4) is 0 Å². The van der Waals surface area contributed by atoms with E-state index in [1.807, 2.05) is 0 Å². The first-order chi connectivity index (χ1) is 9.90. The summed E-state index contributed by atoms with van der Waals surface area (Å²) in [5, 5.41) is 2.86. The van der Waals surface area contributed by atoms with E-state index in [-0.39, 0.29) is 11.6 Å². The molecule has 0 atom stereocenters. The van der Waals surface area contributed by atoms with Gasteiger partial charge in [0.25, 0.3) is 0 Å². The number of hydrogen-bond donors (Lipinski definition) is 1. The van der Waals surface area contributed by atoms with Crippen LogP contribution in [0.4, 0.5) is 17.6 Å². The predicted molar refractivity (Wildman–Crippen MR) is 66.3 cm³/mol. The third kappa shape index (κ3) is 3.88. The number of halogens is 4. The fourth-order valence-electron chi connectivity index (χ4n) is 1.61. The minimum atomic E-state index is -4.79. The maximum atomic E-state index is 13.2. The summed E-state index contributed by atoms with van der Waals surface area (Å²) in [6, 6.07) is 2.38. The highest BCUT2D eigenvalue weighted by Gasteiger charge is 2.34. The molecular weight excluding hydrogens is 290 g/mol. The molecule has 0 spiro atoms. The first-order valence-corrected chi connectivity index (χ1v) is 5.90. The van der Waals surface area contributed by atoms with E-state index in [1.165, 1.54) is 12.4 Å². The summed E-state index contributed by atoms with van der Waals surface area (Å²) in [5.74, 6) is -1.49. The molecule has 1 heterocycles. The Morgan fingerprint density at radius 3 is 2.67 bits per heavy atom. The molecule has 0 radical (unpaired) electrons. The van der Waals surface area contributed by atoms with Gasteiger partial charge in [0.1, 0.15) is 11.6 Å². The fourth-order valence-corrected chi connectivity index (χ4v) is 1.61. The SMILES string of the molecule is CNCc1cncc(Oc2ccc(F)c(C(F)(F)F)c2)n1. The van der Waals surface area contributed by atoms with E-state index in [2.05, 4.69) is 15.3 Å². The maximum Gasteiger partial charge on any atom is 0.419 e. The molecule has 0 fully saturated rings. The van der Waals surface area contributed by atoms with Crippen molar-refractivity contribution in [1.29, 1.82) is 0 Å². The third-order valence-electron chi connectivity index (χ3n) is 2.49. The third-order valence-corrected chi connectivity index (χ3v) is 2.49. The normalized spacial score (nSPS) is 11.5. The van der Waals surface area contributed by atoms with Crippen molar-refractivity contribution in [3.8, 4) is 11.6 Å². The molecule has 0 bridgehead atoms. The molecule has 2 aromatic rings. The standard InChI is InChI=1S/C13H11F4N3O/c1-18-5-8-6-19-7-12(20-8)21-9-2-3-11(14)10(4-9)13(15,16)17/h2-4,6-7,18H,5H2,1H3. The van der Waals surface area contributed by atoms with Crippen LogP contribution in [-0.4, -0.2) is 17.0 Å². The molecule has 8 heteroatoms. The molecule has 0 aliphatic rings. The second-order valence-electron chi connectivity index (χ2n) is 4.12. The van der Waals surface area contributed by atoms with E-state index >= 15 is 0 Å². The smallest absolute Gasteiger partial charge is 0.419 e. The van der Waals surface area contributed by atoms with Gasteiger partial charge in [0, 0.05) is 12.7 Å². The van der Waals surface area contributed by atoms with Crippen molar-refractivity contribution in [3.05, 3.63) is 47.7 Å². The average Bonchev–Trinajstić information content (AvgIpc) is 2.40. The number of benzene rings is 1. The van der Waals surface area contributed by atoms with Gasteiger partial charge < -0.3 is 10.1 Å². The summed E-state index contributed by atoms with van der Waals surface area (Å²) >= 11 is 0. The Kier molecular flexibility index (Phi) is 4.37. The Morgan fingerprint density at radius 2 is 2.00 bits per heavy atom. The lowest BCUT2D eigenvalue weighted by atomic mass is 10.2. The van der Waals surface area contributed by atoms with Crippen LogP contribution in [0.15, 0.2) is 30.6 Å². The lowest BCUT2D eigenvalue weighted by Gasteiger charge is -2.10. The molecule has 4 nitrogen and oxygen atoms in total. The van der Waals surface area contributed by atoms with Gasteiger partial charge in [-0.15, -0.1) is 0 Å². The summed E-state index contributed by atoms with van der Waals surface area (Å²) in [6.07, 6.45) is -2.03. The van der Waals surface area contributed by atoms with Gasteiger partial charge in [-0.1, -0.05) is 0 Å². The molecule has 2 rings (SSSR count). The van der Waals surface area contributed by atoms with Gasteiger partial charge in [-0.3, -0.25) is 4.98 Å². The van der Waals surface area contributed by atoms with Crippen molar-refractivity contribution in [2.24, 2.45) is 0 Å². The average molecular weight is 301 g/mol. The molecule has 0 unspecified atom stereocenters. The minimum absolute atomic E-state index is 0.0301. The Balaban J connectivity index is 2.26. The zero-order valence-electron chi connectivity index (χ0n) is 10.9. The lowest BCUT2D eigenvalue weighted by Crippen LogP contribution is -2.09. The predicted octanol–water partition coefficient (Wildman–Crippen LogP) is 3.15. The quantitative estimate of drug-likeness (QED) is 0.881. The van der Waals surface area contributed by atoms with E-state index < -0.39 is 17.6 Å². The van der Waals surface area contributed by atoms with Crippen LogP contribution in [0.25, 0.3) is 0 Å². The molecule has 0 saturated heterocycles. The van der Waals surface area contributed by atoms with Crippen LogP contribution < -0.4 is 10.1 Å². The number of hydrogen-bond acceptors (Lipinski definition) is 4. The van der Waals surface area contributed by atoms with Crippen LogP contribution in [0.5, 0.6) is 11.6 Å². The van der Waals surface area contributed by atoms with E-state index in [4.69, 9.17) is 4.74 Å². The number of nitrogens with one attached hydrogen (secondary N) is 1. The zero-order chi connectivity index (χ0) is 15.5. The largest absolute Gasteiger partial charge is 0.437 e. The Morgan fingerprint density at radius 1 is 1.24 bits per heavy atom. The van der Waals surface area contributed by atoms with Gasteiger partial charge in [-0.2, -0.15) is 13.2 Å².